The average molecular weight is 278 g/mol. The SMILES string of the molecule is CCC(CSC)N(C)CC(O)c1ccc(C#N)cc1. The van der Waals surface area contributed by atoms with Crippen LogP contribution in [-0.4, -0.2) is 41.6 Å². The molecule has 0 heterocycles. The molecule has 0 fully saturated rings. The minimum atomic E-state index is -0.506. The van der Waals surface area contributed by atoms with Gasteiger partial charge >= 0.3 is 0 Å². The van der Waals surface area contributed by atoms with Crippen molar-refractivity contribution >= 4 is 11.8 Å². The van der Waals surface area contributed by atoms with E-state index in [-0.39, 0.29) is 0 Å². The van der Waals surface area contributed by atoms with Gasteiger partial charge in [-0.15, -0.1) is 0 Å². The zero-order valence-electron chi connectivity index (χ0n) is 11.8. The fourth-order valence-electron chi connectivity index (χ4n) is 2.06. The Hall–Kier alpha value is -1.02. The number of hydrogen-bond donors (Lipinski definition) is 1. The van der Waals surface area contributed by atoms with Crippen LogP contribution in [0, 0.1) is 11.3 Å². The Balaban J connectivity index is 2.62. The van der Waals surface area contributed by atoms with Crippen LogP contribution >= 0.6 is 11.8 Å². The highest BCUT2D eigenvalue weighted by Crippen LogP contribution is 2.17. The van der Waals surface area contributed by atoms with Crippen LogP contribution in [0.3, 0.4) is 0 Å². The lowest BCUT2D eigenvalue weighted by Crippen LogP contribution is -2.36. The topological polar surface area (TPSA) is 47.3 Å². The molecule has 0 aliphatic rings. The molecule has 0 spiro atoms. The van der Waals surface area contributed by atoms with Crippen molar-refractivity contribution in [2.24, 2.45) is 0 Å². The van der Waals surface area contributed by atoms with Crippen LogP contribution in [-0.2, 0) is 0 Å². The third kappa shape index (κ3) is 4.87. The van der Waals surface area contributed by atoms with Crippen molar-refractivity contribution in [3.63, 3.8) is 0 Å². The maximum atomic E-state index is 10.2. The van der Waals surface area contributed by atoms with Crippen LogP contribution in [0.15, 0.2) is 24.3 Å². The lowest BCUT2D eigenvalue weighted by atomic mass is 10.1. The van der Waals surface area contributed by atoms with Gasteiger partial charge in [-0.3, -0.25) is 4.90 Å². The minimum Gasteiger partial charge on any atom is -0.387 e. The van der Waals surface area contributed by atoms with E-state index in [1.165, 1.54) is 0 Å². The van der Waals surface area contributed by atoms with Gasteiger partial charge in [-0.1, -0.05) is 19.1 Å². The van der Waals surface area contributed by atoms with E-state index in [2.05, 4.69) is 31.2 Å². The Morgan fingerprint density at radius 2 is 2.00 bits per heavy atom. The molecule has 0 bridgehead atoms. The molecule has 4 heteroatoms. The summed E-state index contributed by atoms with van der Waals surface area (Å²) in [4.78, 5) is 2.21. The van der Waals surface area contributed by atoms with Crippen molar-refractivity contribution in [3.8, 4) is 6.07 Å². The largest absolute Gasteiger partial charge is 0.387 e. The van der Waals surface area contributed by atoms with Crippen LogP contribution in [0.5, 0.6) is 0 Å². The molecule has 1 N–H and O–H groups in total. The molecule has 1 aromatic carbocycles. The van der Waals surface area contributed by atoms with Crippen LogP contribution in [0.4, 0.5) is 0 Å². The van der Waals surface area contributed by atoms with Crippen molar-refractivity contribution in [3.05, 3.63) is 35.4 Å². The summed E-state index contributed by atoms with van der Waals surface area (Å²) in [6.45, 7) is 2.79. The van der Waals surface area contributed by atoms with Gasteiger partial charge in [-0.25, -0.2) is 0 Å². The molecule has 19 heavy (non-hydrogen) atoms. The molecule has 0 radical (unpaired) electrons. The van der Waals surface area contributed by atoms with Gasteiger partial charge < -0.3 is 5.11 Å². The van der Waals surface area contributed by atoms with E-state index in [0.717, 1.165) is 17.7 Å². The third-order valence-electron chi connectivity index (χ3n) is 3.34. The standard InChI is InChI=1S/C15H22N2OS/c1-4-14(11-19-3)17(2)10-15(18)13-7-5-12(9-16)6-8-13/h5-8,14-15,18H,4,10-11H2,1-3H3. The molecule has 0 aromatic heterocycles. The Morgan fingerprint density at radius 3 is 2.47 bits per heavy atom. The fraction of sp³-hybridized carbons (Fsp3) is 0.533. The second-order valence-electron chi connectivity index (χ2n) is 4.71. The maximum absolute atomic E-state index is 10.2. The Morgan fingerprint density at radius 1 is 1.37 bits per heavy atom. The number of likely N-dealkylation sites (N-methyl/N-ethyl adjacent to an activating group) is 1. The van der Waals surface area contributed by atoms with E-state index in [9.17, 15) is 5.11 Å². The van der Waals surface area contributed by atoms with E-state index < -0.39 is 6.10 Å². The van der Waals surface area contributed by atoms with Gasteiger partial charge in [0.05, 0.1) is 17.7 Å². The zero-order chi connectivity index (χ0) is 14.3. The summed E-state index contributed by atoms with van der Waals surface area (Å²) in [6, 6.07) is 9.72. The van der Waals surface area contributed by atoms with Gasteiger partial charge in [0.2, 0.25) is 0 Å². The molecule has 0 saturated heterocycles. The summed E-state index contributed by atoms with van der Waals surface area (Å²) < 4.78 is 0. The highest BCUT2D eigenvalue weighted by molar-refractivity contribution is 7.98. The number of rotatable bonds is 7. The van der Waals surface area contributed by atoms with E-state index in [1.54, 1.807) is 12.1 Å². The number of aliphatic hydroxyl groups is 1. The van der Waals surface area contributed by atoms with Gasteiger partial charge in [0.1, 0.15) is 0 Å². The first-order chi connectivity index (χ1) is 9.12. The third-order valence-corrected chi connectivity index (χ3v) is 4.06. The van der Waals surface area contributed by atoms with Crippen molar-refractivity contribution in [1.29, 1.82) is 5.26 Å². The second kappa shape index (κ2) is 8.21. The van der Waals surface area contributed by atoms with E-state index in [0.29, 0.717) is 18.2 Å². The smallest absolute Gasteiger partial charge is 0.0991 e. The summed E-state index contributed by atoms with van der Waals surface area (Å²) in [6.07, 6.45) is 2.68. The van der Waals surface area contributed by atoms with Crippen molar-refractivity contribution < 1.29 is 5.11 Å². The van der Waals surface area contributed by atoms with Crippen LogP contribution in [0.25, 0.3) is 0 Å². The molecule has 0 aliphatic heterocycles. The van der Waals surface area contributed by atoms with Gasteiger partial charge in [0.25, 0.3) is 0 Å². The highest BCUT2D eigenvalue weighted by atomic mass is 32.2. The van der Waals surface area contributed by atoms with Crippen LogP contribution in [0.2, 0.25) is 0 Å². The summed E-state index contributed by atoms with van der Waals surface area (Å²) in [5.41, 5.74) is 1.49. The normalized spacial score (nSPS) is 14.1. The molecule has 1 rings (SSSR count). The first kappa shape index (κ1) is 16.0. The summed E-state index contributed by atoms with van der Waals surface area (Å²) in [5.74, 6) is 1.08. The number of benzene rings is 1. The second-order valence-corrected chi connectivity index (χ2v) is 5.62. The predicted octanol–water partition coefficient (Wildman–Crippen LogP) is 2.67. The van der Waals surface area contributed by atoms with Crippen molar-refractivity contribution in [2.75, 3.05) is 25.6 Å². The quantitative estimate of drug-likeness (QED) is 0.833. The molecule has 0 aliphatic carbocycles. The van der Waals surface area contributed by atoms with Gasteiger partial charge in [0.15, 0.2) is 0 Å². The molecule has 2 unspecified atom stereocenters. The Labute approximate surface area is 120 Å². The number of thioether (sulfide) groups is 1. The van der Waals surface area contributed by atoms with Gasteiger partial charge in [-0.05, 0) is 37.4 Å². The fourth-order valence-corrected chi connectivity index (χ4v) is 2.93. The lowest BCUT2D eigenvalue weighted by Gasteiger charge is -2.28. The molecule has 0 amide bonds. The summed E-state index contributed by atoms with van der Waals surface area (Å²) >= 11 is 1.83. The van der Waals surface area contributed by atoms with Crippen LogP contribution in [0.1, 0.15) is 30.6 Å². The summed E-state index contributed by atoms with van der Waals surface area (Å²) in [7, 11) is 2.05. The number of nitriles is 1. The monoisotopic (exact) mass is 278 g/mol. The van der Waals surface area contributed by atoms with E-state index >= 15 is 0 Å². The van der Waals surface area contributed by atoms with Crippen LogP contribution < -0.4 is 0 Å². The molecule has 0 saturated carbocycles. The Kier molecular flexibility index (Phi) is 6.93. The van der Waals surface area contributed by atoms with E-state index in [1.807, 2.05) is 23.9 Å². The lowest BCUT2D eigenvalue weighted by molar-refractivity contribution is 0.108. The highest BCUT2D eigenvalue weighted by Gasteiger charge is 2.16. The van der Waals surface area contributed by atoms with Crippen molar-refractivity contribution in [2.45, 2.75) is 25.5 Å². The molecular formula is C15H22N2OS. The van der Waals surface area contributed by atoms with Crippen molar-refractivity contribution in [1.82, 2.24) is 4.90 Å². The summed E-state index contributed by atoms with van der Waals surface area (Å²) in [5, 5.41) is 19.0. The Bertz CT molecular complexity index is 413. The molecule has 2 atom stereocenters. The molecule has 104 valence electrons. The van der Waals surface area contributed by atoms with E-state index in [4.69, 9.17) is 5.26 Å². The average Bonchev–Trinajstić information content (AvgIpc) is 2.44. The number of aliphatic hydroxyl groups excluding tert-OH is 1. The number of hydrogen-bond acceptors (Lipinski definition) is 4. The molecule has 3 nitrogen and oxygen atoms in total. The molecule has 1 aromatic rings. The van der Waals surface area contributed by atoms with Gasteiger partial charge in [-0.2, -0.15) is 17.0 Å². The zero-order valence-corrected chi connectivity index (χ0v) is 12.7. The molecular weight excluding hydrogens is 256 g/mol. The predicted molar refractivity (Wildman–Crippen MR) is 81.2 cm³/mol. The van der Waals surface area contributed by atoms with Gasteiger partial charge in [0, 0.05) is 18.3 Å². The number of nitrogens with zero attached hydrogens (tertiary/aromatic N) is 2. The maximum Gasteiger partial charge on any atom is 0.0991 e. The first-order valence-electron chi connectivity index (χ1n) is 6.49. The first-order valence-corrected chi connectivity index (χ1v) is 7.89. The minimum absolute atomic E-state index is 0.489.